The normalized spacial score (nSPS) is 23.9. The molecule has 0 bridgehead atoms. The van der Waals surface area contributed by atoms with Crippen molar-refractivity contribution in [1.29, 1.82) is 0 Å². The number of rotatable bonds is 4. The maximum atomic E-state index is 5.58. The maximum absolute atomic E-state index is 5.58. The lowest BCUT2D eigenvalue weighted by Crippen LogP contribution is -2.35. The molecule has 0 radical (unpaired) electrons. The highest BCUT2D eigenvalue weighted by Crippen LogP contribution is 2.24. The highest BCUT2D eigenvalue weighted by molar-refractivity contribution is 5.23. The Morgan fingerprint density at radius 1 is 1.35 bits per heavy atom. The minimum atomic E-state index is 0.336. The highest BCUT2D eigenvalue weighted by Gasteiger charge is 2.24. The van der Waals surface area contributed by atoms with E-state index in [0.29, 0.717) is 18.0 Å². The molecule has 1 aromatic heterocycles. The number of ether oxygens (including phenoxy) is 1. The zero-order chi connectivity index (χ0) is 12.4. The van der Waals surface area contributed by atoms with Crippen LogP contribution in [-0.4, -0.2) is 19.3 Å². The molecular formula is C14H23NO2. The predicted octanol–water partition coefficient (Wildman–Crippen LogP) is 2.97. The number of nitrogens with one attached hydrogen (secondary N) is 1. The van der Waals surface area contributed by atoms with Crippen LogP contribution in [0.3, 0.4) is 0 Å². The lowest BCUT2D eigenvalue weighted by molar-refractivity contribution is 0.177. The van der Waals surface area contributed by atoms with Crippen molar-refractivity contribution in [3.63, 3.8) is 0 Å². The smallest absolute Gasteiger partial charge is 0.105 e. The van der Waals surface area contributed by atoms with Crippen LogP contribution >= 0.6 is 0 Å². The van der Waals surface area contributed by atoms with Gasteiger partial charge in [0.15, 0.2) is 0 Å². The number of hydrogen-bond acceptors (Lipinski definition) is 3. The van der Waals surface area contributed by atoms with E-state index in [9.17, 15) is 0 Å². The van der Waals surface area contributed by atoms with Crippen LogP contribution in [0.1, 0.15) is 43.4 Å². The first-order valence-corrected chi connectivity index (χ1v) is 6.48. The summed E-state index contributed by atoms with van der Waals surface area (Å²) < 4.78 is 11.0. The summed E-state index contributed by atoms with van der Waals surface area (Å²) in [5.41, 5.74) is 1.27. The molecule has 3 atom stereocenters. The van der Waals surface area contributed by atoms with Gasteiger partial charge in [-0.2, -0.15) is 0 Å². The first-order valence-electron chi connectivity index (χ1n) is 6.48. The standard InChI is InChI=1S/C14H23NO2/c1-9-7-14(12(4)17-9)11(3)15-10(2)13-5-6-16-8-13/h7,10-11,13,15H,5-6,8H2,1-4H3. The Balaban J connectivity index is 1.96. The summed E-state index contributed by atoms with van der Waals surface area (Å²) in [5, 5.41) is 3.65. The highest BCUT2D eigenvalue weighted by atomic mass is 16.5. The molecular weight excluding hydrogens is 214 g/mol. The van der Waals surface area contributed by atoms with Crippen molar-refractivity contribution in [2.75, 3.05) is 13.2 Å². The van der Waals surface area contributed by atoms with E-state index in [1.165, 1.54) is 12.0 Å². The van der Waals surface area contributed by atoms with Crippen molar-refractivity contribution >= 4 is 0 Å². The molecule has 1 aromatic rings. The van der Waals surface area contributed by atoms with Gasteiger partial charge in [-0.05, 0) is 46.1 Å². The Morgan fingerprint density at radius 3 is 2.65 bits per heavy atom. The summed E-state index contributed by atoms with van der Waals surface area (Å²) in [4.78, 5) is 0. The quantitative estimate of drug-likeness (QED) is 0.874. The fourth-order valence-corrected chi connectivity index (χ4v) is 2.65. The second kappa shape index (κ2) is 5.23. The fraction of sp³-hybridized carbons (Fsp3) is 0.714. The van der Waals surface area contributed by atoms with Gasteiger partial charge in [0.05, 0.1) is 6.61 Å². The van der Waals surface area contributed by atoms with Gasteiger partial charge in [0, 0.05) is 24.3 Å². The molecule has 1 aliphatic rings. The molecule has 3 nitrogen and oxygen atoms in total. The van der Waals surface area contributed by atoms with E-state index in [4.69, 9.17) is 9.15 Å². The fourth-order valence-electron chi connectivity index (χ4n) is 2.65. The van der Waals surface area contributed by atoms with Crippen LogP contribution in [0.2, 0.25) is 0 Å². The Labute approximate surface area is 104 Å². The summed E-state index contributed by atoms with van der Waals surface area (Å²) in [6.45, 7) is 10.3. The van der Waals surface area contributed by atoms with Crippen LogP contribution in [0, 0.1) is 19.8 Å². The molecule has 3 unspecified atom stereocenters. The van der Waals surface area contributed by atoms with Crippen LogP contribution in [0.25, 0.3) is 0 Å². The molecule has 0 spiro atoms. The van der Waals surface area contributed by atoms with Gasteiger partial charge in [-0.15, -0.1) is 0 Å². The third-order valence-corrected chi connectivity index (χ3v) is 3.73. The van der Waals surface area contributed by atoms with Crippen LogP contribution in [0.15, 0.2) is 10.5 Å². The molecule has 0 amide bonds. The SMILES string of the molecule is Cc1cc(C(C)NC(C)C2CCOC2)c(C)o1. The molecule has 0 saturated carbocycles. The number of hydrogen-bond donors (Lipinski definition) is 1. The minimum absolute atomic E-state index is 0.336. The van der Waals surface area contributed by atoms with Crippen molar-refractivity contribution in [1.82, 2.24) is 5.32 Å². The van der Waals surface area contributed by atoms with Crippen molar-refractivity contribution in [3.05, 3.63) is 23.2 Å². The second-order valence-corrected chi connectivity index (χ2v) is 5.17. The Hall–Kier alpha value is -0.800. The zero-order valence-corrected chi connectivity index (χ0v) is 11.2. The Bertz CT molecular complexity index is 366. The van der Waals surface area contributed by atoms with E-state index in [0.717, 1.165) is 24.7 Å². The molecule has 1 N–H and O–H groups in total. The minimum Gasteiger partial charge on any atom is -0.466 e. The monoisotopic (exact) mass is 237 g/mol. The molecule has 2 rings (SSSR count). The van der Waals surface area contributed by atoms with E-state index in [1.54, 1.807) is 0 Å². The van der Waals surface area contributed by atoms with Crippen molar-refractivity contribution in [3.8, 4) is 0 Å². The van der Waals surface area contributed by atoms with Crippen molar-refractivity contribution in [2.24, 2.45) is 5.92 Å². The van der Waals surface area contributed by atoms with Gasteiger partial charge in [0.2, 0.25) is 0 Å². The van der Waals surface area contributed by atoms with E-state index in [1.807, 2.05) is 13.8 Å². The second-order valence-electron chi connectivity index (χ2n) is 5.17. The molecule has 1 aliphatic heterocycles. The van der Waals surface area contributed by atoms with E-state index < -0.39 is 0 Å². The van der Waals surface area contributed by atoms with E-state index in [-0.39, 0.29) is 0 Å². The Morgan fingerprint density at radius 2 is 2.12 bits per heavy atom. The van der Waals surface area contributed by atoms with Crippen LogP contribution in [0.5, 0.6) is 0 Å². The number of furan rings is 1. The summed E-state index contributed by atoms with van der Waals surface area (Å²) in [6, 6.07) is 2.95. The van der Waals surface area contributed by atoms with Gasteiger partial charge in [0.1, 0.15) is 11.5 Å². The maximum Gasteiger partial charge on any atom is 0.105 e. The van der Waals surface area contributed by atoms with Gasteiger partial charge in [0.25, 0.3) is 0 Å². The Kier molecular flexibility index (Phi) is 3.89. The zero-order valence-electron chi connectivity index (χ0n) is 11.2. The van der Waals surface area contributed by atoms with Crippen molar-refractivity contribution in [2.45, 2.75) is 46.2 Å². The van der Waals surface area contributed by atoms with Crippen LogP contribution < -0.4 is 5.32 Å². The lowest BCUT2D eigenvalue weighted by Gasteiger charge is -2.23. The average Bonchev–Trinajstić information content (AvgIpc) is 2.87. The van der Waals surface area contributed by atoms with E-state index >= 15 is 0 Å². The molecule has 96 valence electrons. The molecule has 2 heterocycles. The van der Waals surface area contributed by atoms with Gasteiger partial charge < -0.3 is 14.5 Å². The van der Waals surface area contributed by atoms with Gasteiger partial charge in [-0.3, -0.25) is 0 Å². The third-order valence-electron chi connectivity index (χ3n) is 3.73. The number of aryl methyl sites for hydroxylation is 2. The molecule has 3 heteroatoms. The predicted molar refractivity (Wildman–Crippen MR) is 68.1 cm³/mol. The molecule has 0 aromatic carbocycles. The largest absolute Gasteiger partial charge is 0.466 e. The summed E-state index contributed by atoms with van der Waals surface area (Å²) in [6.07, 6.45) is 1.17. The molecule has 1 fully saturated rings. The molecule has 1 saturated heterocycles. The lowest BCUT2D eigenvalue weighted by atomic mass is 9.98. The average molecular weight is 237 g/mol. The third kappa shape index (κ3) is 2.90. The van der Waals surface area contributed by atoms with Crippen LogP contribution in [0.4, 0.5) is 0 Å². The summed E-state index contributed by atoms with van der Waals surface area (Å²) >= 11 is 0. The first-order chi connectivity index (χ1) is 8.08. The first kappa shape index (κ1) is 12.7. The molecule has 17 heavy (non-hydrogen) atoms. The van der Waals surface area contributed by atoms with Gasteiger partial charge in [-0.25, -0.2) is 0 Å². The van der Waals surface area contributed by atoms with Crippen molar-refractivity contribution < 1.29 is 9.15 Å². The summed E-state index contributed by atoms with van der Waals surface area (Å²) in [7, 11) is 0. The topological polar surface area (TPSA) is 34.4 Å². The van der Waals surface area contributed by atoms with Crippen LogP contribution in [-0.2, 0) is 4.74 Å². The van der Waals surface area contributed by atoms with E-state index in [2.05, 4.69) is 25.2 Å². The summed E-state index contributed by atoms with van der Waals surface area (Å²) in [5.74, 6) is 2.66. The molecule has 0 aliphatic carbocycles. The van der Waals surface area contributed by atoms with Gasteiger partial charge in [-0.1, -0.05) is 0 Å². The van der Waals surface area contributed by atoms with Gasteiger partial charge >= 0.3 is 0 Å².